The Labute approximate surface area is 82.4 Å². The molecule has 5 nitrogen and oxygen atoms in total. The third-order valence-electron chi connectivity index (χ3n) is 1.63. The minimum atomic E-state index is -1.32. The molecular weight excluding hydrogens is 212 g/mol. The van der Waals surface area contributed by atoms with Crippen molar-refractivity contribution in [3.63, 3.8) is 0 Å². The summed E-state index contributed by atoms with van der Waals surface area (Å²) in [5.74, 6) is -2.55. The zero-order valence-electron chi connectivity index (χ0n) is 7.28. The van der Waals surface area contributed by atoms with Crippen LogP contribution in [0.25, 0.3) is 0 Å². The zero-order valence-corrected chi connectivity index (χ0v) is 7.28. The fourth-order valence-electron chi connectivity index (χ4n) is 0.987. The van der Waals surface area contributed by atoms with Crippen molar-refractivity contribution in [2.45, 2.75) is 6.61 Å². The Balaban J connectivity index is 3.15. The van der Waals surface area contributed by atoms with Gasteiger partial charge in [0.1, 0.15) is 6.61 Å². The van der Waals surface area contributed by atoms with Crippen LogP contribution in [0.15, 0.2) is 12.1 Å². The van der Waals surface area contributed by atoms with Crippen LogP contribution in [0, 0.1) is 21.7 Å². The maximum atomic E-state index is 12.7. The number of rotatable bonds is 4. The summed E-state index contributed by atoms with van der Waals surface area (Å²) in [5.41, 5.74) is -0.832. The highest BCUT2D eigenvalue weighted by Gasteiger charge is 2.18. The molecule has 0 fully saturated rings. The SMILES string of the molecule is O=COCc1cc(F)c(F)cc1[N+](=O)[O-]. The summed E-state index contributed by atoms with van der Waals surface area (Å²) in [7, 11) is 0. The molecule has 0 aromatic heterocycles. The van der Waals surface area contributed by atoms with Gasteiger partial charge in [0.15, 0.2) is 11.6 Å². The minimum Gasteiger partial charge on any atom is -0.463 e. The van der Waals surface area contributed by atoms with E-state index in [1.54, 1.807) is 0 Å². The number of halogens is 2. The van der Waals surface area contributed by atoms with Crippen molar-refractivity contribution >= 4 is 12.2 Å². The van der Waals surface area contributed by atoms with E-state index in [9.17, 15) is 23.7 Å². The molecule has 0 unspecified atom stereocenters. The van der Waals surface area contributed by atoms with E-state index in [4.69, 9.17) is 0 Å². The lowest BCUT2D eigenvalue weighted by Gasteiger charge is -2.02. The van der Waals surface area contributed by atoms with Crippen molar-refractivity contribution in [1.29, 1.82) is 0 Å². The number of carbonyl (C=O) groups is 1. The molecule has 1 rings (SSSR count). The second-order valence-corrected chi connectivity index (χ2v) is 2.56. The molecule has 0 N–H and O–H groups in total. The van der Waals surface area contributed by atoms with Crippen molar-refractivity contribution in [1.82, 2.24) is 0 Å². The first-order valence-corrected chi connectivity index (χ1v) is 3.74. The monoisotopic (exact) mass is 217 g/mol. The van der Waals surface area contributed by atoms with Crippen molar-refractivity contribution in [2.75, 3.05) is 0 Å². The average Bonchev–Trinajstić information content (AvgIpc) is 2.19. The van der Waals surface area contributed by atoms with Crippen molar-refractivity contribution < 1.29 is 23.2 Å². The fourth-order valence-corrected chi connectivity index (χ4v) is 0.987. The van der Waals surface area contributed by atoms with Crippen LogP contribution < -0.4 is 0 Å². The Morgan fingerprint density at radius 2 is 2.00 bits per heavy atom. The van der Waals surface area contributed by atoms with Gasteiger partial charge in [0.05, 0.1) is 16.6 Å². The largest absolute Gasteiger partial charge is 0.463 e. The Hall–Kier alpha value is -2.05. The van der Waals surface area contributed by atoms with Gasteiger partial charge in [-0.25, -0.2) is 8.78 Å². The van der Waals surface area contributed by atoms with Crippen LogP contribution >= 0.6 is 0 Å². The summed E-state index contributed by atoms with van der Waals surface area (Å²) in [6, 6.07) is 1.07. The van der Waals surface area contributed by atoms with Crippen LogP contribution in [0.5, 0.6) is 0 Å². The molecule has 1 aromatic rings. The van der Waals surface area contributed by atoms with Gasteiger partial charge in [-0.05, 0) is 6.07 Å². The predicted molar refractivity (Wildman–Crippen MR) is 43.9 cm³/mol. The summed E-state index contributed by atoms with van der Waals surface area (Å²) >= 11 is 0. The normalized spacial score (nSPS) is 9.73. The molecule has 80 valence electrons. The number of nitro benzene ring substituents is 1. The molecule has 0 amide bonds. The highest BCUT2D eigenvalue weighted by molar-refractivity contribution is 5.43. The third kappa shape index (κ3) is 2.46. The summed E-state index contributed by atoms with van der Waals surface area (Å²) in [5, 5.41) is 10.4. The van der Waals surface area contributed by atoms with Gasteiger partial charge < -0.3 is 4.74 Å². The van der Waals surface area contributed by atoms with Crippen LogP contribution in [0.1, 0.15) is 5.56 Å². The lowest BCUT2D eigenvalue weighted by atomic mass is 10.2. The summed E-state index contributed by atoms with van der Waals surface area (Å²) in [6.45, 7) is -0.415. The Kier molecular flexibility index (Phi) is 3.27. The smallest absolute Gasteiger partial charge is 0.293 e. The first kappa shape index (κ1) is 11.0. The molecular formula is C8H5F2NO4. The minimum absolute atomic E-state index is 0.0605. The number of ether oxygens (including phenoxy) is 1. The number of carbonyl (C=O) groups excluding carboxylic acids is 1. The standard InChI is InChI=1S/C8H5F2NO4/c9-6-1-5(3-15-4-12)8(11(13)14)2-7(6)10/h1-2,4H,3H2. The number of benzene rings is 1. The van der Waals surface area contributed by atoms with E-state index in [1.807, 2.05) is 0 Å². The van der Waals surface area contributed by atoms with E-state index in [0.29, 0.717) is 12.1 Å². The highest BCUT2D eigenvalue weighted by Crippen LogP contribution is 2.22. The van der Waals surface area contributed by atoms with Gasteiger partial charge in [0, 0.05) is 0 Å². The third-order valence-corrected chi connectivity index (χ3v) is 1.63. The molecule has 0 heterocycles. The van der Waals surface area contributed by atoms with Gasteiger partial charge >= 0.3 is 0 Å². The van der Waals surface area contributed by atoms with Crippen molar-refractivity contribution in [3.8, 4) is 0 Å². The molecule has 0 saturated carbocycles. The second-order valence-electron chi connectivity index (χ2n) is 2.56. The zero-order chi connectivity index (χ0) is 11.4. The number of nitro groups is 1. The molecule has 0 bridgehead atoms. The molecule has 15 heavy (non-hydrogen) atoms. The van der Waals surface area contributed by atoms with Gasteiger partial charge in [0.2, 0.25) is 0 Å². The van der Waals surface area contributed by atoms with Crippen LogP contribution in [-0.4, -0.2) is 11.4 Å². The van der Waals surface area contributed by atoms with E-state index in [-0.39, 0.29) is 12.0 Å². The molecule has 0 saturated heterocycles. The summed E-state index contributed by atoms with van der Waals surface area (Å²) in [4.78, 5) is 19.4. The van der Waals surface area contributed by atoms with Crippen LogP contribution in [0.2, 0.25) is 0 Å². The van der Waals surface area contributed by atoms with Gasteiger partial charge in [0.25, 0.3) is 12.2 Å². The van der Waals surface area contributed by atoms with E-state index in [1.165, 1.54) is 0 Å². The number of hydrogen-bond donors (Lipinski definition) is 0. The average molecular weight is 217 g/mol. The molecule has 0 radical (unpaired) electrons. The molecule has 0 aliphatic carbocycles. The van der Waals surface area contributed by atoms with Gasteiger partial charge in [-0.2, -0.15) is 0 Å². The molecule has 7 heteroatoms. The predicted octanol–water partition coefficient (Wildman–Crippen LogP) is 1.55. The van der Waals surface area contributed by atoms with Crippen LogP contribution in [-0.2, 0) is 16.1 Å². The maximum absolute atomic E-state index is 12.7. The quantitative estimate of drug-likeness (QED) is 0.435. The van der Waals surface area contributed by atoms with Crippen LogP contribution in [0.3, 0.4) is 0 Å². The molecule has 0 atom stereocenters. The maximum Gasteiger partial charge on any atom is 0.293 e. The van der Waals surface area contributed by atoms with E-state index < -0.39 is 28.9 Å². The molecule has 0 aliphatic heterocycles. The van der Waals surface area contributed by atoms with Gasteiger partial charge in [-0.3, -0.25) is 14.9 Å². The van der Waals surface area contributed by atoms with Crippen LogP contribution in [0.4, 0.5) is 14.5 Å². The molecule has 0 spiro atoms. The Bertz CT molecular complexity index is 408. The fraction of sp³-hybridized carbons (Fsp3) is 0.125. The Morgan fingerprint density at radius 3 is 2.53 bits per heavy atom. The van der Waals surface area contributed by atoms with Gasteiger partial charge in [-0.1, -0.05) is 0 Å². The van der Waals surface area contributed by atoms with Crippen molar-refractivity contribution in [3.05, 3.63) is 39.4 Å². The summed E-state index contributed by atoms with van der Waals surface area (Å²) < 4.78 is 29.6. The topological polar surface area (TPSA) is 69.4 Å². The Morgan fingerprint density at radius 1 is 1.40 bits per heavy atom. The first-order chi connectivity index (χ1) is 7.06. The first-order valence-electron chi connectivity index (χ1n) is 3.74. The molecule has 1 aromatic carbocycles. The van der Waals surface area contributed by atoms with Crippen molar-refractivity contribution in [2.24, 2.45) is 0 Å². The second kappa shape index (κ2) is 4.45. The highest BCUT2D eigenvalue weighted by atomic mass is 19.2. The lowest BCUT2D eigenvalue weighted by Crippen LogP contribution is -2.00. The van der Waals surface area contributed by atoms with E-state index >= 15 is 0 Å². The van der Waals surface area contributed by atoms with E-state index in [0.717, 1.165) is 0 Å². The number of nitrogens with zero attached hydrogens (tertiary/aromatic N) is 1. The van der Waals surface area contributed by atoms with E-state index in [2.05, 4.69) is 4.74 Å². The lowest BCUT2D eigenvalue weighted by molar-refractivity contribution is -0.386. The van der Waals surface area contributed by atoms with Gasteiger partial charge in [-0.15, -0.1) is 0 Å². The molecule has 0 aliphatic rings. The summed E-state index contributed by atoms with van der Waals surface area (Å²) in [6.07, 6.45) is 0. The number of hydrogen-bond acceptors (Lipinski definition) is 4.